The van der Waals surface area contributed by atoms with Crippen LogP contribution >= 0.6 is 31.9 Å². The van der Waals surface area contributed by atoms with Crippen molar-refractivity contribution in [1.29, 1.82) is 5.26 Å². The molecule has 0 bridgehead atoms. The van der Waals surface area contributed by atoms with E-state index in [9.17, 15) is 45.6 Å². The van der Waals surface area contributed by atoms with Crippen molar-refractivity contribution in [3.8, 4) is 6.07 Å². The third-order valence-corrected chi connectivity index (χ3v) is 7.77. The maximum atomic E-state index is 15.8. The Kier molecular flexibility index (Phi) is 8.95. The summed E-state index contributed by atoms with van der Waals surface area (Å²) in [5, 5.41) is 11.5. The number of carbonyl (C=O) groups is 2. The maximum Gasteiger partial charge on any atom is 0.435 e. The molecule has 0 spiro atoms. The molecule has 43 heavy (non-hydrogen) atoms. The Morgan fingerprint density at radius 2 is 1.56 bits per heavy atom. The van der Waals surface area contributed by atoms with Crippen molar-refractivity contribution in [2.45, 2.75) is 30.9 Å². The maximum absolute atomic E-state index is 15.8. The Labute approximate surface area is 255 Å². The summed E-state index contributed by atoms with van der Waals surface area (Å²) in [6.07, 6.45) is -11.3. The molecule has 0 aromatic heterocycles. The summed E-state index contributed by atoms with van der Waals surface area (Å²) < 4.78 is 110. The number of benzene rings is 3. The largest absolute Gasteiger partial charge is 0.435 e. The van der Waals surface area contributed by atoms with Crippen LogP contribution in [0.5, 0.6) is 0 Å². The van der Waals surface area contributed by atoms with Crippen LogP contribution in [0.4, 0.5) is 46.5 Å². The molecule has 4 rings (SSSR count). The van der Waals surface area contributed by atoms with Crippen LogP contribution in [-0.2, 0) is 5.67 Å². The fourth-order valence-corrected chi connectivity index (χ4v) is 5.01. The Morgan fingerprint density at radius 3 is 2.09 bits per heavy atom. The van der Waals surface area contributed by atoms with E-state index in [2.05, 4.69) is 37.2 Å². The second-order valence-electron chi connectivity index (χ2n) is 9.61. The predicted octanol–water partition coefficient (Wildman–Crippen LogP) is 8.82. The van der Waals surface area contributed by atoms with E-state index in [0.717, 1.165) is 18.9 Å². The van der Waals surface area contributed by atoms with Crippen LogP contribution < -0.4 is 10.2 Å². The molecule has 0 radical (unpaired) electrons. The number of nitrogens with zero attached hydrogens (tertiary/aromatic N) is 2. The summed E-state index contributed by atoms with van der Waals surface area (Å²) in [6.45, 7) is 0.145. The number of nitrogens with one attached hydrogen (secondary N) is 1. The molecule has 2 amide bonds. The van der Waals surface area contributed by atoms with E-state index < -0.39 is 62.5 Å². The minimum atomic E-state index is -6.44. The summed E-state index contributed by atoms with van der Waals surface area (Å²) >= 11 is 5.95. The van der Waals surface area contributed by atoms with E-state index in [0.29, 0.717) is 4.47 Å². The van der Waals surface area contributed by atoms with E-state index in [4.69, 9.17) is 0 Å². The van der Waals surface area contributed by atoms with Crippen molar-refractivity contribution in [3.63, 3.8) is 0 Å². The molecule has 226 valence electrons. The van der Waals surface area contributed by atoms with Gasteiger partial charge in [0.2, 0.25) is 0 Å². The van der Waals surface area contributed by atoms with Gasteiger partial charge in [-0.25, -0.2) is 8.78 Å². The summed E-state index contributed by atoms with van der Waals surface area (Å²) in [5.74, 6) is -2.84. The molecular formula is C28H17Br2F8N3O2. The zero-order valence-electron chi connectivity index (χ0n) is 21.4. The van der Waals surface area contributed by atoms with Crippen molar-refractivity contribution in [2.75, 3.05) is 16.8 Å². The van der Waals surface area contributed by atoms with Crippen LogP contribution in [0.15, 0.2) is 63.5 Å². The number of anilines is 2. The smallest absolute Gasteiger partial charge is 0.320 e. The fourth-order valence-electron chi connectivity index (χ4n) is 4.19. The molecule has 1 N–H and O–H groups in total. The van der Waals surface area contributed by atoms with Crippen LogP contribution in [0.2, 0.25) is 0 Å². The number of nitriles is 1. The average molecular weight is 739 g/mol. The lowest BCUT2D eigenvalue weighted by Gasteiger charge is -2.30. The van der Waals surface area contributed by atoms with Crippen LogP contribution in [0, 0.1) is 23.1 Å². The number of carbonyl (C=O) groups excluding carboxylic acids is 2. The molecule has 15 heteroatoms. The van der Waals surface area contributed by atoms with Gasteiger partial charge in [-0.1, -0.05) is 22.0 Å². The Bertz CT molecular complexity index is 1600. The molecule has 1 aliphatic rings. The van der Waals surface area contributed by atoms with Crippen molar-refractivity contribution >= 4 is 55.0 Å². The van der Waals surface area contributed by atoms with Crippen LogP contribution in [0.25, 0.3) is 0 Å². The molecule has 0 heterocycles. The Morgan fingerprint density at radius 1 is 0.953 bits per heavy atom. The first-order valence-corrected chi connectivity index (χ1v) is 13.8. The Balaban J connectivity index is 1.71. The van der Waals surface area contributed by atoms with Gasteiger partial charge in [0.1, 0.15) is 6.07 Å². The summed E-state index contributed by atoms with van der Waals surface area (Å²) in [4.78, 5) is 27.6. The van der Waals surface area contributed by atoms with E-state index in [1.165, 1.54) is 35.2 Å². The molecular weight excluding hydrogens is 722 g/mol. The third kappa shape index (κ3) is 6.40. The first-order chi connectivity index (χ1) is 20.0. The first-order valence-electron chi connectivity index (χ1n) is 12.2. The summed E-state index contributed by atoms with van der Waals surface area (Å²) in [6, 6.07) is 11.3. The second kappa shape index (κ2) is 11.9. The molecule has 0 atom stereocenters. The number of rotatable bonds is 7. The number of hydrogen-bond donors (Lipinski definition) is 1. The number of halogens is 10. The van der Waals surface area contributed by atoms with E-state index in [-0.39, 0.29) is 35.8 Å². The first kappa shape index (κ1) is 32.4. The Hall–Kier alpha value is -3.51. The third-order valence-electron chi connectivity index (χ3n) is 6.62. The highest BCUT2D eigenvalue weighted by Crippen LogP contribution is 2.54. The van der Waals surface area contributed by atoms with Crippen molar-refractivity contribution < 1.29 is 44.7 Å². The van der Waals surface area contributed by atoms with Gasteiger partial charge in [-0.15, -0.1) is 0 Å². The lowest BCUT2D eigenvalue weighted by molar-refractivity contribution is -0.348. The van der Waals surface area contributed by atoms with E-state index >= 15 is 4.39 Å². The van der Waals surface area contributed by atoms with Gasteiger partial charge in [-0.05, 0) is 83.2 Å². The van der Waals surface area contributed by atoms with Crippen molar-refractivity contribution in [2.24, 2.45) is 5.92 Å². The summed E-state index contributed by atoms with van der Waals surface area (Å²) in [5.41, 5.74) is -10.0. The number of hydrogen-bond acceptors (Lipinski definition) is 3. The topological polar surface area (TPSA) is 73.2 Å². The van der Waals surface area contributed by atoms with Crippen molar-refractivity contribution in [1.82, 2.24) is 0 Å². The molecule has 5 nitrogen and oxygen atoms in total. The van der Waals surface area contributed by atoms with Gasteiger partial charge >= 0.3 is 18.0 Å². The molecule has 0 aliphatic heterocycles. The van der Waals surface area contributed by atoms with Gasteiger partial charge in [0.15, 0.2) is 5.82 Å². The van der Waals surface area contributed by atoms with Gasteiger partial charge in [0, 0.05) is 26.6 Å². The molecule has 3 aromatic rings. The molecule has 1 saturated carbocycles. The molecule has 0 unspecified atom stereocenters. The zero-order chi connectivity index (χ0) is 31.9. The molecule has 1 aliphatic carbocycles. The lowest BCUT2D eigenvalue weighted by atomic mass is 9.92. The minimum Gasteiger partial charge on any atom is -0.320 e. The SMILES string of the molecule is N#Cc1cc(C(F)(C(F)(F)F)C(F)(F)F)cc(Br)c1NC(=O)c1cccc(N(CC2CC2)C(=O)c2ccc(Br)cc2)c1F. The zero-order valence-corrected chi connectivity index (χ0v) is 24.6. The summed E-state index contributed by atoms with van der Waals surface area (Å²) in [7, 11) is 0. The van der Waals surface area contributed by atoms with E-state index in [1.807, 2.05) is 0 Å². The highest BCUT2D eigenvalue weighted by atomic mass is 79.9. The highest BCUT2D eigenvalue weighted by Gasteiger charge is 2.73. The van der Waals surface area contributed by atoms with Crippen LogP contribution in [0.1, 0.15) is 44.7 Å². The van der Waals surface area contributed by atoms with Crippen LogP contribution in [0.3, 0.4) is 0 Å². The minimum absolute atomic E-state index is 0.00237. The second-order valence-corrected chi connectivity index (χ2v) is 11.4. The highest BCUT2D eigenvalue weighted by molar-refractivity contribution is 9.10. The van der Waals surface area contributed by atoms with E-state index in [1.54, 1.807) is 12.1 Å². The van der Waals surface area contributed by atoms with Gasteiger partial charge in [-0.2, -0.15) is 31.6 Å². The van der Waals surface area contributed by atoms with Gasteiger partial charge in [0.05, 0.1) is 22.5 Å². The molecule has 1 fully saturated rings. The molecule has 0 saturated heterocycles. The number of amides is 2. The lowest BCUT2D eigenvalue weighted by Crippen LogP contribution is -2.50. The average Bonchev–Trinajstić information content (AvgIpc) is 3.75. The monoisotopic (exact) mass is 737 g/mol. The predicted molar refractivity (Wildman–Crippen MR) is 147 cm³/mol. The van der Waals surface area contributed by atoms with Gasteiger partial charge in [-0.3, -0.25) is 9.59 Å². The quantitative estimate of drug-likeness (QED) is 0.246. The van der Waals surface area contributed by atoms with Crippen LogP contribution in [-0.4, -0.2) is 30.7 Å². The number of alkyl halides is 7. The standard InChI is InChI=1S/C28H17Br2F8N3O2/c29-18-8-6-15(7-9-18)25(43)41(13-14-4-5-14)21-3-1-2-19(22(21)31)24(42)40-23-16(12-39)10-17(11-20(23)30)26(32,27(33,34)35)28(36,37)38/h1-3,6-11,14H,4-5,13H2,(H,40,42). The van der Waals surface area contributed by atoms with Gasteiger partial charge < -0.3 is 10.2 Å². The normalized spacial score (nSPS) is 13.8. The molecule has 3 aromatic carbocycles. The fraction of sp³-hybridized carbons (Fsp3) is 0.250. The van der Waals surface area contributed by atoms with Crippen molar-refractivity contribution in [3.05, 3.63) is 91.6 Å². The van der Waals surface area contributed by atoms with Gasteiger partial charge in [0.25, 0.3) is 11.8 Å².